The van der Waals surface area contributed by atoms with Gasteiger partial charge in [0.05, 0.1) is 6.04 Å². The Morgan fingerprint density at radius 1 is 0.925 bits per heavy atom. The van der Waals surface area contributed by atoms with Crippen molar-refractivity contribution in [2.75, 3.05) is 0 Å². The Morgan fingerprint density at radius 2 is 1.52 bits per heavy atom. The lowest BCUT2D eigenvalue weighted by Gasteiger charge is -2.49. The molecule has 0 bridgehead atoms. The molecule has 220 valence electrons. The summed E-state index contributed by atoms with van der Waals surface area (Å²) >= 11 is 0. The number of ketones is 2. The molecule has 2 fully saturated rings. The van der Waals surface area contributed by atoms with Crippen LogP contribution in [0.2, 0.25) is 16.6 Å². The summed E-state index contributed by atoms with van der Waals surface area (Å²) in [5, 5.41) is 0.859. The van der Waals surface area contributed by atoms with Gasteiger partial charge in [-0.1, -0.05) is 92.1 Å². The number of hydrogen-bond acceptors (Lipinski definition) is 4. The average Bonchev–Trinajstić information content (AvgIpc) is 2.89. The summed E-state index contributed by atoms with van der Waals surface area (Å²) in [5.41, 5.74) is 2.14. The SMILES string of the molecule is CC(C)[Si](C1=CN(C(=O)O[C@H]2CCCC[C@@H]2C(C)(C)c2ccccc2)[C@H]([C@@H]2CCC2=O)CC1=O)(C(C)C)C(C)C. The lowest BCUT2D eigenvalue weighted by molar-refractivity contribution is -0.132. The number of hydrogen-bond donors (Lipinski definition) is 0. The van der Waals surface area contributed by atoms with E-state index in [0.29, 0.717) is 23.0 Å². The summed E-state index contributed by atoms with van der Waals surface area (Å²) < 4.78 is 6.45. The van der Waals surface area contributed by atoms with Gasteiger partial charge in [0.1, 0.15) is 20.0 Å². The molecule has 0 unspecified atom stereocenters. The minimum Gasteiger partial charge on any atom is -0.446 e. The largest absolute Gasteiger partial charge is 0.446 e. The van der Waals surface area contributed by atoms with Crippen molar-refractivity contribution in [1.29, 1.82) is 0 Å². The van der Waals surface area contributed by atoms with Crippen molar-refractivity contribution in [2.24, 2.45) is 11.8 Å². The molecule has 0 spiro atoms. The predicted molar refractivity (Wildman–Crippen MR) is 164 cm³/mol. The molecule has 1 amide bonds. The van der Waals surface area contributed by atoms with Gasteiger partial charge >= 0.3 is 6.09 Å². The van der Waals surface area contributed by atoms with Crippen LogP contribution in [0.25, 0.3) is 0 Å². The Kier molecular flexibility index (Phi) is 9.18. The van der Waals surface area contributed by atoms with E-state index in [1.807, 2.05) is 12.3 Å². The first-order valence-corrected chi connectivity index (χ1v) is 17.9. The maximum Gasteiger partial charge on any atom is 0.414 e. The Balaban J connectivity index is 1.71. The third-order valence-corrected chi connectivity index (χ3v) is 17.9. The maximum atomic E-state index is 14.2. The van der Waals surface area contributed by atoms with Gasteiger partial charge in [0, 0.05) is 30.9 Å². The molecule has 0 radical (unpaired) electrons. The van der Waals surface area contributed by atoms with E-state index in [4.69, 9.17) is 4.74 Å². The van der Waals surface area contributed by atoms with Crippen LogP contribution < -0.4 is 0 Å². The number of Topliss-reactive ketones (excluding diaryl/α,β-unsaturated/α-hetero) is 2. The molecule has 0 N–H and O–H groups in total. The van der Waals surface area contributed by atoms with Crippen molar-refractivity contribution in [3.63, 3.8) is 0 Å². The second-order valence-electron chi connectivity index (χ2n) is 14.1. The zero-order chi connectivity index (χ0) is 29.4. The fraction of sp³-hybridized carbons (Fsp3) is 0.676. The quantitative estimate of drug-likeness (QED) is 0.297. The van der Waals surface area contributed by atoms with Crippen LogP contribution in [0.15, 0.2) is 41.7 Å². The number of carbonyl (C=O) groups is 3. The van der Waals surface area contributed by atoms with E-state index in [-0.39, 0.29) is 47.4 Å². The van der Waals surface area contributed by atoms with Crippen molar-refractivity contribution >= 4 is 25.7 Å². The number of nitrogens with zero attached hydrogens (tertiary/aromatic N) is 1. The van der Waals surface area contributed by atoms with E-state index in [0.717, 1.165) is 37.3 Å². The van der Waals surface area contributed by atoms with Crippen LogP contribution in [0, 0.1) is 11.8 Å². The average molecular weight is 566 g/mol. The normalized spacial score (nSPS) is 26.3. The number of rotatable bonds is 8. The minimum atomic E-state index is -2.31. The second-order valence-corrected chi connectivity index (χ2v) is 19.9. The van der Waals surface area contributed by atoms with Gasteiger partial charge < -0.3 is 4.74 Å². The third-order valence-electron chi connectivity index (χ3n) is 10.8. The molecule has 5 nitrogen and oxygen atoms in total. The van der Waals surface area contributed by atoms with Gasteiger partial charge in [-0.05, 0) is 58.5 Å². The van der Waals surface area contributed by atoms with Crippen molar-refractivity contribution < 1.29 is 19.1 Å². The van der Waals surface area contributed by atoms with E-state index in [2.05, 4.69) is 79.7 Å². The summed E-state index contributed by atoms with van der Waals surface area (Å²) in [4.78, 5) is 42.4. The van der Waals surface area contributed by atoms with Crippen LogP contribution in [-0.2, 0) is 19.7 Å². The Morgan fingerprint density at radius 3 is 2.05 bits per heavy atom. The predicted octanol–water partition coefficient (Wildman–Crippen LogP) is 8.38. The van der Waals surface area contributed by atoms with Gasteiger partial charge in [0.2, 0.25) is 0 Å². The summed E-state index contributed by atoms with van der Waals surface area (Å²) in [5.74, 6) is 0.220. The van der Waals surface area contributed by atoms with Crippen LogP contribution >= 0.6 is 0 Å². The van der Waals surface area contributed by atoms with E-state index >= 15 is 0 Å². The maximum absolute atomic E-state index is 14.2. The Hall–Kier alpha value is -2.21. The number of amides is 1. The second kappa shape index (κ2) is 12.0. The van der Waals surface area contributed by atoms with Crippen molar-refractivity contribution in [3.05, 3.63) is 47.3 Å². The summed E-state index contributed by atoms with van der Waals surface area (Å²) in [6, 6.07) is 10.1. The molecule has 2 saturated carbocycles. The van der Waals surface area contributed by atoms with Gasteiger partial charge in [0.15, 0.2) is 5.78 Å². The number of ether oxygens (including phenoxy) is 1. The van der Waals surface area contributed by atoms with Crippen LogP contribution in [0.1, 0.15) is 106 Å². The van der Waals surface area contributed by atoms with Crippen LogP contribution in [-0.4, -0.2) is 42.8 Å². The third kappa shape index (κ3) is 5.37. The molecule has 1 aromatic carbocycles. The van der Waals surface area contributed by atoms with E-state index in [9.17, 15) is 14.4 Å². The van der Waals surface area contributed by atoms with Gasteiger partial charge in [0.25, 0.3) is 0 Å². The molecule has 4 atom stereocenters. The first-order chi connectivity index (χ1) is 18.8. The first-order valence-electron chi connectivity index (χ1n) is 15.7. The molecule has 1 aromatic rings. The van der Waals surface area contributed by atoms with Crippen LogP contribution in [0.5, 0.6) is 0 Å². The topological polar surface area (TPSA) is 63.7 Å². The van der Waals surface area contributed by atoms with Crippen LogP contribution in [0.4, 0.5) is 4.79 Å². The molecular weight excluding hydrogens is 514 g/mol. The summed E-state index contributed by atoms with van der Waals surface area (Å²) in [6.07, 6.45) is 6.79. The highest BCUT2D eigenvalue weighted by molar-refractivity contribution is 6.93. The molecule has 1 heterocycles. The molecule has 2 aliphatic carbocycles. The fourth-order valence-corrected chi connectivity index (χ4v) is 15.5. The highest BCUT2D eigenvalue weighted by Crippen LogP contribution is 2.49. The van der Waals surface area contributed by atoms with E-state index in [1.165, 1.54) is 5.56 Å². The standard InChI is InChI=1S/C34H51NO4Si/c1-22(2)40(23(3)4,24(5)6)32-21-35(28(20-30(32)37)26-18-19-29(26)36)33(38)39-31-17-13-12-16-27(31)34(7,8)25-14-10-9-11-15-25/h9-11,14-15,21-24,26-28,31H,12-13,16-20H2,1-8H3/t26-,27-,28-,31-/m0/s1. The highest BCUT2D eigenvalue weighted by Gasteiger charge is 2.53. The van der Waals surface area contributed by atoms with Crippen molar-refractivity contribution in [2.45, 2.75) is 135 Å². The highest BCUT2D eigenvalue weighted by atomic mass is 28.3. The molecule has 0 saturated heterocycles. The molecule has 40 heavy (non-hydrogen) atoms. The van der Waals surface area contributed by atoms with Gasteiger partial charge in [-0.15, -0.1) is 0 Å². The zero-order valence-corrected chi connectivity index (χ0v) is 27.0. The molecule has 6 heteroatoms. The molecule has 4 rings (SSSR count). The molecule has 0 aromatic heterocycles. The van der Waals surface area contributed by atoms with Gasteiger partial charge in [-0.25, -0.2) is 4.79 Å². The monoisotopic (exact) mass is 565 g/mol. The molecule has 3 aliphatic rings. The minimum absolute atomic E-state index is 0.136. The lowest BCUT2D eigenvalue weighted by Crippen LogP contribution is -2.57. The Labute approximate surface area is 243 Å². The summed E-state index contributed by atoms with van der Waals surface area (Å²) in [7, 11) is -2.31. The van der Waals surface area contributed by atoms with Gasteiger partial charge in [-0.2, -0.15) is 0 Å². The fourth-order valence-electron chi connectivity index (χ4n) is 8.69. The number of benzene rings is 1. The zero-order valence-electron chi connectivity index (χ0n) is 26.0. The number of allylic oxidation sites excluding steroid dienone is 1. The molecule has 1 aliphatic heterocycles. The van der Waals surface area contributed by atoms with Crippen molar-refractivity contribution in [3.8, 4) is 0 Å². The summed E-state index contributed by atoms with van der Waals surface area (Å²) in [6.45, 7) is 18.0. The van der Waals surface area contributed by atoms with Crippen molar-refractivity contribution in [1.82, 2.24) is 4.90 Å². The lowest BCUT2D eigenvalue weighted by atomic mass is 9.66. The van der Waals surface area contributed by atoms with E-state index < -0.39 is 14.1 Å². The smallest absolute Gasteiger partial charge is 0.414 e. The Bertz CT molecular complexity index is 1100. The van der Waals surface area contributed by atoms with Gasteiger partial charge in [-0.3, -0.25) is 14.5 Å². The van der Waals surface area contributed by atoms with Crippen LogP contribution in [0.3, 0.4) is 0 Å². The first kappa shape index (κ1) is 30.7. The van der Waals surface area contributed by atoms with E-state index in [1.54, 1.807) is 4.90 Å². The molecular formula is C34H51NO4Si. The number of carbonyl (C=O) groups excluding carboxylic acids is 3.